The third kappa shape index (κ3) is 3.37. The van der Waals surface area contributed by atoms with E-state index < -0.39 is 11.6 Å². The fourth-order valence-corrected chi connectivity index (χ4v) is 5.17. The van der Waals surface area contributed by atoms with Crippen LogP contribution in [0.4, 0.5) is 8.78 Å². The van der Waals surface area contributed by atoms with Gasteiger partial charge < -0.3 is 14.4 Å². The van der Waals surface area contributed by atoms with Crippen molar-refractivity contribution in [3.8, 4) is 0 Å². The second kappa shape index (κ2) is 7.81. The summed E-state index contributed by atoms with van der Waals surface area (Å²) in [6.07, 6.45) is 2.10. The van der Waals surface area contributed by atoms with Crippen LogP contribution in [0.2, 0.25) is 0 Å². The molecule has 0 saturated carbocycles. The summed E-state index contributed by atoms with van der Waals surface area (Å²) >= 11 is 0. The summed E-state index contributed by atoms with van der Waals surface area (Å²) in [5.74, 6) is -1.47. The Labute approximate surface area is 158 Å². The van der Waals surface area contributed by atoms with Crippen LogP contribution in [0.15, 0.2) is 18.2 Å². The van der Waals surface area contributed by atoms with Gasteiger partial charge in [-0.1, -0.05) is 12.1 Å². The molecular weight excluding hydrogens is 354 g/mol. The summed E-state index contributed by atoms with van der Waals surface area (Å²) in [5, 5.41) is 0. The molecule has 7 heteroatoms. The van der Waals surface area contributed by atoms with Gasteiger partial charge in [-0.2, -0.15) is 0 Å². The molecule has 4 fully saturated rings. The number of methoxy groups -OCH3 is 1. The van der Waals surface area contributed by atoms with Gasteiger partial charge in [-0.25, -0.2) is 8.78 Å². The lowest BCUT2D eigenvalue weighted by molar-refractivity contribution is -0.141. The van der Waals surface area contributed by atoms with Crippen molar-refractivity contribution < 1.29 is 23.0 Å². The summed E-state index contributed by atoms with van der Waals surface area (Å²) < 4.78 is 38.7. The summed E-state index contributed by atoms with van der Waals surface area (Å²) in [4.78, 5) is 17.1. The largest absolute Gasteiger partial charge is 0.382 e. The maximum absolute atomic E-state index is 14.5. The SMILES string of the molecule is COCCOCC(=O)N1C[C@@H](c2cccc(F)c2F)[C@@H]2[C@H]1C1CCN2CC1. The molecule has 0 aromatic heterocycles. The van der Waals surface area contributed by atoms with Gasteiger partial charge in [0.2, 0.25) is 5.91 Å². The van der Waals surface area contributed by atoms with E-state index >= 15 is 0 Å². The Morgan fingerprint density at radius 1 is 1.19 bits per heavy atom. The van der Waals surface area contributed by atoms with Crippen LogP contribution in [0.1, 0.15) is 24.3 Å². The Kier molecular flexibility index (Phi) is 5.43. The molecule has 1 amide bonds. The molecule has 0 unspecified atom stereocenters. The average Bonchev–Trinajstić information content (AvgIpc) is 3.11. The molecule has 0 spiro atoms. The molecule has 1 aromatic rings. The van der Waals surface area contributed by atoms with Gasteiger partial charge in [0, 0.05) is 25.6 Å². The van der Waals surface area contributed by atoms with Crippen molar-refractivity contribution in [3.05, 3.63) is 35.4 Å². The highest BCUT2D eigenvalue weighted by Gasteiger charge is 2.55. The van der Waals surface area contributed by atoms with Crippen molar-refractivity contribution in [1.82, 2.24) is 9.80 Å². The molecule has 5 rings (SSSR count). The van der Waals surface area contributed by atoms with Gasteiger partial charge in [0.1, 0.15) is 6.61 Å². The van der Waals surface area contributed by atoms with Crippen molar-refractivity contribution >= 4 is 5.91 Å². The van der Waals surface area contributed by atoms with Crippen LogP contribution in [-0.2, 0) is 14.3 Å². The summed E-state index contributed by atoms with van der Waals surface area (Å²) in [6.45, 7) is 3.14. The average molecular weight is 380 g/mol. The zero-order valence-corrected chi connectivity index (χ0v) is 15.6. The first-order valence-electron chi connectivity index (χ1n) is 9.66. The number of nitrogens with zero attached hydrogens (tertiary/aromatic N) is 2. The molecule has 0 N–H and O–H groups in total. The third-order valence-corrected chi connectivity index (χ3v) is 6.35. The lowest BCUT2D eigenvalue weighted by atomic mass is 9.75. The second-order valence-corrected chi connectivity index (χ2v) is 7.70. The van der Waals surface area contributed by atoms with E-state index in [-0.39, 0.29) is 30.5 Å². The van der Waals surface area contributed by atoms with Gasteiger partial charge in [0.25, 0.3) is 0 Å². The van der Waals surface area contributed by atoms with Crippen molar-refractivity contribution in [3.63, 3.8) is 0 Å². The highest BCUT2D eigenvalue weighted by molar-refractivity contribution is 5.78. The van der Waals surface area contributed by atoms with Crippen molar-refractivity contribution in [1.29, 1.82) is 0 Å². The van der Waals surface area contributed by atoms with E-state index in [0.29, 0.717) is 31.2 Å². The minimum Gasteiger partial charge on any atom is -0.382 e. The van der Waals surface area contributed by atoms with Crippen LogP contribution in [0.5, 0.6) is 0 Å². The Bertz CT molecular complexity index is 694. The van der Waals surface area contributed by atoms with E-state index in [0.717, 1.165) is 32.0 Å². The molecule has 4 saturated heterocycles. The first-order valence-corrected chi connectivity index (χ1v) is 9.66. The van der Waals surface area contributed by atoms with E-state index in [2.05, 4.69) is 4.90 Å². The Hall–Kier alpha value is -1.57. The number of likely N-dealkylation sites (tertiary alicyclic amines) is 1. The number of carbonyl (C=O) groups excluding carboxylic acids is 1. The Morgan fingerprint density at radius 3 is 2.70 bits per heavy atom. The number of fused-ring (bicyclic) bond motifs is 2. The standard InChI is InChI=1S/C20H26F2N2O3/c1-26-9-10-27-12-17(25)24-11-15(14-3-2-4-16(21)18(14)22)20-19(24)13-5-7-23(20)8-6-13/h2-4,13,15,19-20H,5-12H2,1H3/t15-,19+,20+/m0/s1. The van der Waals surface area contributed by atoms with Crippen LogP contribution >= 0.6 is 0 Å². The number of halogens is 2. The van der Waals surface area contributed by atoms with E-state index in [9.17, 15) is 13.6 Å². The summed E-state index contributed by atoms with van der Waals surface area (Å²) in [6, 6.07) is 4.46. The maximum Gasteiger partial charge on any atom is 0.248 e. The van der Waals surface area contributed by atoms with E-state index in [1.165, 1.54) is 0 Å². The Balaban J connectivity index is 1.58. The fraction of sp³-hybridized carbons (Fsp3) is 0.650. The number of hydrogen-bond donors (Lipinski definition) is 0. The van der Waals surface area contributed by atoms with E-state index in [1.807, 2.05) is 4.90 Å². The number of ether oxygens (including phenoxy) is 2. The van der Waals surface area contributed by atoms with Crippen molar-refractivity contribution in [2.75, 3.05) is 46.6 Å². The smallest absolute Gasteiger partial charge is 0.248 e. The molecule has 27 heavy (non-hydrogen) atoms. The first-order chi connectivity index (χ1) is 13.1. The topological polar surface area (TPSA) is 42.0 Å². The number of piperidine rings is 3. The van der Waals surface area contributed by atoms with Gasteiger partial charge >= 0.3 is 0 Å². The summed E-state index contributed by atoms with van der Waals surface area (Å²) in [5.41, 5.74) is 0.383. The quantitative estimate of drug-likeness (QED) is 0.708. The van der Waals surface area contributed by atoms with Crippen LogP contribution < -0.4 is 0 Å². The second-order valence-electron chi connectivity index (χ2n) is 7.70. The minimum absolute atomic E-state index is 0.00233. The highest BCUT2D eigenvalue weighted by atomic mass is 19.2. The number of carbonyl (C=O) groups is 1. The van der Waals surface area contributed by atoms with Crippen LogP contribution in [0, 0.1) is 17.6 Å². The number of benzene rings is 1. The summed E-state index contributed by atoms with van der Waals surface area (Å²) in [7, 11) is 1.58. The third-order valence-electron chi connectivity index (χ3n) is 6.35. The normalized spacial score (nSPS) is 32.0. The molecule has 4 heterocycles. The van der Waals surface area contributed by atoms with Gasteiger partial charge in [-0.15, -0.1) is 0 Å². The molecule has 1 aromatic carbocycles. The zero-order chi connectivity index (χ0) is 19.0. The fourth-order valence-electron chi connectivity index (χ4n) is 5.17. The van der Waals surface area contributed by atoms with Gasteiger partial charge in [-0.3, -0.25) is 9.69 Å². The predicted octanol–water partition coefficient (Wildman–Crippen LogP) is 2.02. The van der Waals surface area contributed by atoms with Gasteiger partial charge in [0.05, 0.1) is 19.3 Å². The van der Waals surface area contributed by atoms with Gasteiger partial charge in [-0.05, 0) is 43.5 Å². The van der Waals surface area contributed by atoms with Gasteiger partial charge in [0.15, 0.2) is 11.6 Å². The highest BCUT2D eigenvalue weighted by Crippen LogP contribution is 2.47. The van der Waals surface area contributed by atoms with Crippen molar-refractivity contribution in [2.45, 2.75) is 30.8 Å². The predicted molar refractivity (Wildman–Crippen MR) is 95.4 cm³/mol. The number of amides is 1. The molecule has 2 bridgehead atoms. The first kappa shape index (κ1) is 18.8. The Morgan fingerprint density at radius 2 is 1.96 bits per heavy atom. The molecule has 3 atom stereocenters. The van der Waals surface area contributed by atoms with Crippen LogP contribution in [0.25, 0.3) is 0 Å². The number of hydrogen-bond acceptors (Lipinski definition) is 4. The minimum atomic E-state index is -0.826. The molecule has 0 radical (unpaired) electrons. The lowest BCUT2D eigenvalue weighted by Crippen LogP contribution is -2.61. The van der Waals surface area contributed by atoms with Crippen molar-refractivity contribution in [2.24, 2.45) is 5.92 Å². The van der Waals surface area contributed by atoms with Crippen LogP contribution in [0.3, 0.4) is 0 Å². The lowest BCUT2D eigenvalue weighted by Gasteiger charge is -2.51. The molecule has 4 aliphatic rings. The monoisotopic (exact) mass is 380 g/mol. The van der Waals surface area contributed by atoms with E-state index in [1.54, 1.807) is 19.2 Å². The molecule has 5 nitrogen and oxygen atoms in total. The number of rotatable bonds is 6. The van der Waals surface area contributed by atoms with Crippen LogP contribution in [-0.4, -0.2) is 74.4 Å². The molecule has 148 valence electrons. The molecule has 4 aliphatic heterocycles. The molecule has 0 aliphatic carbocycles. The van der Waals surface area contributed by atoms with E-state index in [4.69, 9.17) is 9.47 Å². The zero-order valence-electron chi connectivity index (χ0n) is 15.6. The maximum atomic E-state index is 14.5. The molecular formula is C20H26F2N2O3.